The number of hydrogen-bond donors (Lipinski definition) is 0. The highest BCUT2D eigenvalue weighted by atomic mass is 16.5. The van der Waals surface area contributed by atoms with Crippen molar-refractivity contribution in [1.29, 1.82) is 0 Å². The SMILES string of the molecule is C#CCCOc1cc2c3cc(OCCC#C)c(OCCC#C)cc3c3cc(OCCC#C)c(OCCC#C)cc3c2cc1OCCC#C. The molecule has 0 fully saturated rings. The van der Waals surface area contributed by atoms with Crippen molar-refractivity contribution >= 4 is 32.3 Å². The molecule has 0 aromatic heterocycles. The van der Waals surface area contributed by atoms with Gasteiger partial charge in [-0.3, -0.25) is 0 Å². The molecule has 0 bridgehead atoms. The minimum Gasteiger partial charge on any atom is -0.489 e. The average Bonchev–Trinajstić information content (AvgIpc) is 3.09. The Kier molecular flexibility index (Phi) is 13.1. The summed E-state index contributed by atoms with van der Waals surface area (Å²) in [6, 6.07) is 11.7. The lowest BCUT2D eigenvalue weighted by atomic mass is 9.93. The Bertz CT molecular complexity index is 1610. The molecule has 0 aliphatic heterocycles. The molecule has 0 saturated heterocycles. The average molecular weight is 637 g/mol. The Hall–Kier alpha value is -6.18. The van der Waals surface area contributed by atoms with Crippen molar-refractivity contribution in [3.8, 4) is 109 Å². The third kappa shape index (κ3) is 8.54. The van der Waals surface area contributed by atoms with E-state index in [0.29, 0.717) is 113 Å². The molecule has 0 saturated carbocycles. The van der Waals surface area contributed by atoms with Crippen molar-refractivity contribution in [2.45, 2.75) is 38.5 Å². The maximum Gasteiger partial charge on any atom is 0.161 e. The highest BCUT2D eigenvalue weighted by Gasteiger charge is 2.20. The summed E-state index contributed by atoms with van der Waals surface area (Å²) in [5.41, 5.74) is 0. The van der Waals surface area contributed by atoms with Crippen LogP contribution in [-0.2, 0) is 0 Å². The summed E-state index contributed by atoms with van der Waals surface area (Å²) in [7, 11) is 0. The zero-order valence-corrected chi connectivity index (χ0v) is 26.9. The van der Waals surface area contributed by atoms with Crippen molar-refractivity contribution in [2.75, 3.05) is 39.6 Å². The van der Waals surface area contributed by atoms with Crippen molar-refractivity contribution in [1.82, 2.24) is 0 Å². The largest absolute Gasteiger partial charge is 0.489 e. The van der Waals surface area contributed by atoms with Crippen LogP contribution in [0.25, 0.3) is 32.3 Å². The topological polar surface area (TPSA) is 55.4 Å². The van der Waals surface area contributed by atoms with Gasteiger partial charge in [0.25, 0.3) is 0 Å². The van der Waals surface area contributed by atoms with E-state index >= 15 is 0 Å². The second-order valence-corrected chi connectivity index (χ2v) is 10.3. The normalized spacial score (nSPS) is 10.1. The van der Waals surface area contributed by atoms with Gasteiger partial charge >= 0.3 is 0 Å². The first-order valence-electron chi connectivity index (χ1n) is 15.5. The van der Waals surface area contributed by atoms with Gasteiger partial charge in [-0.15, -0.1) is 74.1 Å². The van der Waals surface area contributed by atoms with Gasteiger partial charge in [-0.2, -0.15) is 0 Å². The molecule has 240 valence electrons. The standard InChI is InChI=1S/C42H36O6/c1-7-13-19-43-37-25-31-32(26-38(37)44-20-14-8-2)34-28-40(46-22-16-10-4)42(48-24-18-12-6)30-36(34)35-29-41(47-23-17-11-5)39(27-33(31)35)45-21-15-9-3/h1-6,25-30H,13-24H2. The van der Waals surface area contributed by atoms with E-state index in [1.165, 1.54) is 0 Å². The van der Waals surface area contributed by atoms with Crippen LogP contribution in [0.15, 0.2) is 36.4 Å². The van der Waals surface area contributed by atoms with Crippen LogP contribution >= 0.6 is 0 Å². The number of hydrogen-bond acceptors (Lipinski definition) is 6. The van der Waals surface area contributed by atoms with Crippen molar-refractivity contribution in [3.63, 3.8) is 0 Å². The lowest BCUT2D eigenvalue weighted by molar-refractivity contribution is 0.277. The minimum atomic E-state index is 0.304. The van der Waals surface area contributed by atoms with Gasteiger partial charge in [0.2, 0.25) is 0 Å². The fourth-order valence-corrected chi connectivity index (χ4v) is 5.01. The van der Waals surface area contributed by atoms with E-state index in [1.807, 2.05) is 36.4 Å². The molecule has 0 amide bonds. The van der Waals surface area contributed by atoms with Crippen molar-refractivity contribution in [2.24, 2.45) is 0 Å². The lowest BCUT2D eigenvalue weighted by Gasteiger charge is -2.20. The van der Waals surface area contributed by atoms with Gasteiger partial charge in [0.1, 0.15) is 0 Å². The van der Waals surface area contributed by atoms with Crippen LogP contribution < -0.4 is 28.4 Å². The summed E-state index contributed by atoms with van der Waals surface area (Å²) in [6.07, 6.45) is 35.6. The highest BCUT2D eigenvalue weighted by molar-refractivity contribution is 6.26. The number of ether oxygens (including phenoxy) is 6. The molecule has 0 N–H and O–H groups in total. The molecule has 4 rings (SSSR count). The summed E-state index contributed by atoms with van der Waals surface area (Å²) in [5, 5.41) is 5.19. The second kappa shape index (κ2) is 18.1. The van der Waals surface area contributed by atoms with Gasteiger partial charge in [0, 0.05) is 38.5 Å². The molecule has 0 aliphatic carbocycles. The predicted octanol–water partition coefficient (Wildman–Crippen LogP) is 7.56. The third-order valence-corrected chi connectivity index (χ3v) is 7.15. The molecule has 6 heteroatoms. The van der Waals surface area contributed by atoms with E-state index in [1.54, 1.807) is 0 Å². The van der Waals surface area contributed by atoms with Crippen LogP contribution in [0.5, 0.6) is 34.5 Å². The van der Waals surface area contributed by atoms with Gasteiger partial charge in [0.15, 0.2) is 34.5 Å². The van der Waals surface area contributed by atoms with Gasteiger partial charge in [-0.05, 0) is 68.7 Å². The quantitative estimate of drug-likeness (QED) is 0.0639. The molecule has 0 radical (unpaired) electrons. The van der Waals surface area contributed by atoms with Crippen LogP contribution in [0.2, 0.25) is 0 Å². The second-order valence-electron chi connectivity index (χ2n) is 10.3. The van der Waals surface area contributed by atoms with Crippen LogP contribution in [0.1, 0.15) is 38.5 Å². The first-order chi connectivity index (χ1) is 23.6. The zero-order chi connectivity index (χ0) is 34.1. The fourth-order valence-electron chi connectivity index (χ4n) is 5.01. The van der Waals surface area contributed by atoms with Crippen LogP contribution in [0.3, 0.4) is 0 Å². The smallest absolute Gasteiger partial charge is 0.161 e. The summed E-state index contributed by atoms with van der Waals surface area (Å²) >= 11 is 0. The summed E-state index contributed by atoms with van der Waals surface area (Å²) in [4.78, 5) is 0. The maximum absolute atomic E-state index is 6.14. The van der Waals surface area contributed by atoms with Crippen LogP contribution in [0, 0.1) is 74.1 Å². The van der Waals surface area contributed by atoms with Gasteiger partial charge < -0.3 is 28.4 Å². The third-order valence-electron chi connectivity index (χ3n) is 7.15. The monoisotopic (exact) mass is 636 g/mol. The molecule has 0 spiro atoms. The number of terminal acetylenes is 6. The van der Waals surface area contributed by atoms with E-state index in [9.17, 15) is 0 Å². The lowest BCUT2D eigenvalue weighted by Crippen LogP contribution is -2.04. The Balaban J connectivity index is 2.09. The molecular formula is C42H36O6. The Morgan fingerprint density at radius 2 is 0.438 bits per heavy atom. The van der Waals surface area contributed by atoms with Crippen molar-refractivity contribution in [3.05, 3.63) is 36.4 Å². The first kappa shape index (κ1) is 34.7. The molecule has 4 aromatic carbocycles. The molecule has 0 aliphatic rings. The minimum absolute atomic E-state index is 0.304. The van der Waals surface area contributed by atoms with E-state index in [-0.39, 0.29) is 0 Å². The number of rotatable bonds is 18. The molecule has 6 nitrogen and oxygen atoms in total. The summed E-state index contributed by atoms with van der Waals surface area (Å²) in [5.74, 6) is 18.8. The van der Waals surface area contributed by atoms with E-state index in [2.05, 4.69) is 35.5 Å². The fraction of sp³-hybridized carbons (Fsp3) is 0.286. The maximum atomic E-state index is 6.14. The van der Waals surface area contributed by atoms with E-state index in [4.69, 9.17) is 67.0 Å². The van der Waals surface area contributed by atoms with Gasteiger partial charge in [0.05, 0.1) is 39.6 Å². The molecule has 0 unspecified atom stereocenters. The van der Waals surface area contributed by atoms with Crippen molar-refractivity contribution < 1.29 is 28.4 Å². The Morgan fingerprint density at radius 3 is 0.562 bits per heavy atom. The van der Waals surface area contributed by atoms with Gasteiger partial charge in [-0.1, -0.05) is 0 Å². The highest BCUT2D eigenvalue weighted by Crippen LogP contribution is 2.47. The van der Waals surface area contributed by atoms with Crippen LogP contribution in [0.4, 0.5) is 0 Å². The zero-order valence-electron chi connectivity index (χ0n) is 26.9. The van der Waals surface area contributed by atoms with Crippen LogP contribution in [-0.4, -0.2) is 39.6 Å². The summed E-state index contributed by atoms with van der Waals surface area (Å²) in [6.45, 7) is 1.82. The van der Waals surface area contributed by atoms with E-state index < -0.39 is 0 Å². The van der Waals surface area contributed by atoms with Gasteiger partial charge in [-0.25, -0.2) is 0 Å². The predicted molar refractivity (Wildman–Crippen MR) is 193 cm³/mol. The molecular weight excluding hydrogens is 600 g/mol. The Labute approximate surface area is 283 Å². The summed E-state index contributed by atoms with van der Waals surface area (Å²) < 4.78 is 36.9. The first-order valence-corrected chi connectivity index (χ1v) is 15.5. The number of benzene rings is 4. The Morgan fingerprint density at radius 1 is 0.292 bits per heavy atom. The molecule has 0 atom stereocenters. The molecule has 0 heterocycles. The molecule has 4 aromatic rings. The van der Waals surface area contributed by atoms with E-state index in [0.717, 1.165) is 32.3 Å². The molecule has 48 heavy (non-hydrogen) atoms. The number of fused-ring (bicyclic) bond motifs is 6.